The van der Waals surface area contributed by atoms with Crippen LogP contribution in [0.5, 0.6) is 5.75 Å². The average molecular weight is 323 g/mol. The number of aromatic nitrogens is 2. The predicted molar refractivity (Wildman–Crippen MR) is 92.3 cm³/mol. The Morgan fingerprint density at radius 1 is 1.17 bits per heavy atom. The van der Waals surface area contributed by atoms with E-state index in [0.29, 0.717) is 22.4 Å². The van der Waals surface area contributed by atoms with E-state index in [-0.39, 0.29) is 24.3 Å². The molecule has 2 aromatic carbocycles. The summed E-state index contributed by atoms with van der Waals surface area (Å²) in [4.78, 5) is 31.2. The monoisotopic (exact) mass is 323 g/mol. The third kappa shape index (κ3) is 3.60. The van der Waals surface area contributed by atoms with E-state index in [1.807, 2.05) is 18.2 Å². The summed E-state index contributed by atoms with van der Waals surface area (Å²) in [6, 6.07) is 14.4. The van der Waals surface area contributed by atoms with Crippen molar-refractivity contribution in [3.05, 3.63) is 64.6 Å². The number of aryl methyl sites for hydroxylation is 1. The zero-order chi connectivity index (χ0) is 16.9. The lowest BCUT2D eigenvalue weighted by atomic mass is 10.2. The number of anilines is 1. The molecule has 0 atom stereocenters. The normalized spacial score (nSPS) is 10.5. The minimum atomic E-state index is -0.258. The molecule has 3 aromatic rings. The van der Waals surface area contributed by atoms with Gasteiger partial charge in [-0.3, -0.25) is 9.59 Å². The molecule has 6 heteroatoms. The van der Waals surface area contributed by atoms with E-state index in [0.717, 1.165) is 5.75 Å². The summed E-state index contributed by atoms with van der Waals surface area (Å²) >= 11 is 0. The number of nitrogens with zero attached hydrogens (tertiary/aromatic N) is 1. The number of methoxy groups -OCH3 is 1. The molecular weight excluding hydrogens is 306 g/mol. The largest absolute Gasteiger partial charge is 0.497 e. The maximum absolute atomic E-state index is 12.0. The van der Waals surface area contributed by atoms with Gasteiger partial charge >= 0.3 is 0 Å². The summed E-state index contributed by atoms with van der Waals surface area (Å²) in [6.45, 7) is 0. The Labute approximate surface area is 138 Å². The standard InChI is InChI=1S/C18H17N3O3/c1-24-13-8-6-12(7-9-13)19-17(22)11-10-16-18(23)21-15-5-3-2-4-14(15)20-16/h2-9H,10-11H2,1H3,(H,19,22)(H,21,23). The zero-order valence-electron chi connectivity index (χ0n) is 13.2. The van der Waals surface area contributed by atoms with Crippen molar-refractivity contribution in [3.8, 4) is 5.75 Å². The van der Waals surface area contributed by atoms with Crippen molar-refractivity contribution in [2.75, 3.05) is 12.4 Å². The first-order valence-electron chi connectivity index (χ1n) is 7.57. The Morgan fingerprint density at radius 2 is 1.92 bits per heavy atom. The van der Waals surface area contributed by atoms with E-state index in [1.165, 1.54) is 0 Å². The molecule has 0 bridgehead atoms. The quantitative estimate of drug-likeness (QED) is 0.755. The molecule has 0 spiro atoms. The van der Waals surface area contributed by atoms with Gasteiger partial charge in [-0.25, -0.2) is 4.98 Å². The number of rotatable bonds is 5. The minimum absolute atomic E-state index is 0.172. The molecule has 122 valence electrons. The number of carbonyl (C=O) groups excluding carboxylic acids is 1. The molecule has 0 fully saturated rings. The Morgan fingerprint density at radius 3 is 2.67 bits per heavy atom. The molecule has 0 aliphatic carbocycles. The first-order chi connectivity index (χ1) is 11.7. The number of hydrogen-bond acceptors (Lipinski definition) is 4. The lowest BCUT2D eigenvalue weighted by Crippen LogP contribution is -2.18. The molecule has 0 saturated heterocycles. The lowest BCUT2D eigenvalue weighted by molar-refractivity contribution is -0.116. The lowest BCUT2D eigenvalue weighted by Gasteiger charge is -2.06. The number of aromatic amines is 1. The zero-order valence-corrected chi connectivity index (χ0v) is 13.2. The van der Waals surface area contributed by atoms with Crippen LogP contribution in [0.1, 0.15) is 12.1 Å². The van der Waals surface area contributed by atoms with Gasteiger partial charge in [0.2, 0.25) is 5.91 Å². The van der Waals surface area contributed by atoms with Crippen molar-refractivity contribution < 1.29 is 9.53 Å². The highest BCUT2D eigenvalue weighted by molar-refractivity contribution is 5.90. The maximum atomic E-state index is 12.0. The highest BCUT2D eigenvalue weighted by Crippen LogP contribution is 2.15. The second-order valence-electron chi connectivity index (χ2n) is 5.31. The topological polar surface area (TPSA) is 84.1 Å². The van der Waals surface area contributed by atoms with E-state index >= 15 is 0 Å². The van der Waals surface area contributed by atoms with Crippen molar-refractivity contribution in [2.24, 2.45) is 0 Å². The fourth-order valence-electron chi connectivity index (χ4n) is 2.37. The van der Waals surface area contributed by atoms with Crippen molar-refractivity contribution in [2.45, 2.75) is 12.8 Å². The summed E-state index contributed by atoms with van der Waals surface area (Å²) in [5.41, 5.74) is 2.18. The Hall–Kier alpha value is -3.15. The van der Waals surface area contributed by atoms with Gasteiger partial charge in [0.25, 0.3) is 5.56 Å². The molecule has 3 rings (SSSR count). The fourth-order valence-corrected chi connectivity index (χ4v) is 2.37. The number of hydrogen-bond donors (Lipinski definition) is 2. The second-order valence-corrected chi connectivity index (χ2v) is 5.31. The number of para-hydroxylation sites is 2. The number of benzene rings is 2. The summed E-state index contributed by atoms with van der Waals surface area (Å²) in [5.74, 6) is 0.550. The van der Waals surface area contributed by atoms with Gasteiger partial charge < -0.3 is 15.0 Å². The molecule has 1 heterocycles. The molecule has 1 amide bonds. The van der Waals surface area contributed by atoms with E-state index in [4.69, 9.17) is 4.74 Å². The second kappa shape index (κ2) is 6.95. The van der Waals surface area contributed by atoms with Gasteiger partial charge in [0.1, 0.15) is 11.4 Å². The van der Waals surface area contributed by atoms with Crippen LogP contribution in [0.4, 0.5) is 5.69 Å². The number of nitrogens with one attached hydrogen (secondary N) is 2. The van der Waals surface area contributed by atoms with Gasteiger partial charge in [0.05, 0.1) is 18.1 Å². The molecular formula is C18H17N3O3. The van der Waals surface area contributed by atoms with Gasteiger partial charge in [-0.05, 0) is 36.4 Å². The van der Waals surface area contributed by atoms with Crippen LogP contribution in [0.2, 0.25) is 0 Å². The predicted octanol–water partition coefficient (Wildman–Crippen LogP) is 2.50. The minimum Gasteiger partial charge on any atom is -0.497 e. The van der Waals surface area contributed by atoms with Crippen LogP contribution in [-0.2, 0) is 11.2 Å². The molecule has 1 aromatic heterocycles. The SMILES string of the molecule is COc1ccc(NC(=O)CCc2nc3ccccc3[nH]c2=O)cc1. The number of fused-ring (bicyclic) bond motifs is 1. The highest BCUT2D eigenvalue weighted by Gasteiger charge is 2.08. The van der Waals surface area contributed by atoms with Crippen LogP contribution in [0.3, 0.4) is 0 Å². The fraction of sp³-hybridized carbons (Fsp3) is 0.167. The Bertz CT molecular complexity index is 917. The first kappa shape index (κ1) is 15.7. The summed E-state index contributed by atoms with van der Waals surface area (Å²) in [7, 11) is 1.58. The first-order valence-corrected chi connectivity index (χ1v) is 7.57. The van der Waals surface area contributed by atoms with E-state index in [2.05, 4.69) is 15.3 Å². The molecule has 0 aliphatic heterocycles. The van der Waals surface area contributed by atoms with Crippen LogP contribution >= 0.6 is 0 Å². The number of ether oxygens (including phenoxy) is 1. The van der Waals surface area contributed by atoms with Gasteiger partial charge in [0.15, 0.2) is 0 Å². The molecule has 0 saturated carbocycles. The van der Waals surface area contributed by atoms with Crippen LogP contribution in [0.15, 0.2) is 53.3 Å². The van der Waals surface area contributed by atoms with E-state index in [1.54, 1.807) is 37.4 Å². The van der Waals surface area contributed by atoms with Crippen molar-refractivity contribution in [1.82, 2.24) is 9.97 Å². The number of amides is 1. The molecule has 0 aliphatic rings. The molecule has 2 N–H and O–H groups in total. The van der Waals surface area contributed by atoms with Crippen LogP contribution in [-0.4, -0.2) is 23.0 Å². The Balaban J connectivity index is 1.65. The van der Waals surface area contributed by atoms with Crippen molar-refractivity contribution >= 4 is 22.6 Å². The summed E-state index contributed by atoms with van der Waals surface area (Å²) in [6.07, 6.45) is 0.461. The third-order valence-electron chi connectivity index (χ3n) is 3.63. The van der Waals surface area contributed by atoms with Crippen molar-refractivity contribution in [1.29, 1.82) is 0 Å². The average Bonchev–Trinajstić information content (AvgIpc) is 2.60. The molecule has 6 nitrogen and oxygen atoms in total. The van der Waals surface area contributed by atoms with Gasteiger partial charge in [-0.2, -0.15) is 0 Å². The van der Waals surface area contributed by atoms with Gasteiger partial charge in [-0.15, -0.1) is 0 Å². The molecule has 0 unspecified atom stereocenters. The number of carbonyl (C=O) groups is 1. The van der Waals surface area contributed by atoms with Crippen LogP contribution < -0.4 is 15.6 Å². The van der Waals surface area contributed by atoms with Gasteiger partial charge in [-0.1, -0.05) is 12.1 Å². The van der Waals surface area contributed by atoms with Crippen LogP contribution in [0.25, 0.3) is 11.0 Å². The Kier molecular flexibility index (Phi) is 4.56. The molecule has 0 radical (unpaired) electrons. The van der Waals surface area contributed by atoms with E-state index < -0.39 is 0 Å². The number of H-pyrrole nitrogens is 1. The van der Waals surface area contributed by atoms with E-state index in [9.17, 15) is 9.59 Å². The van der Waals surface area contributed by atoms with Crippen molar-refractivity contribution in [3.63, 3.8) is 0 Å². The third-order valence-corrected chi connectivity index (χ3v) is 3.63. The highest BCUT2D eigenvalue weighted by atomic mass is 16.5. The summed E-state index contributed by atoms with van der Waals surface area (Å²) in [5, 5.41) is 2.79. The summed E-state index contributed by atoms with van der Waals surface area (Å²) < 4.78 is 5.07. The van der Waals surface area contributed by atoms with Crippen LogP contribution in [0, 0.1) is 0 Å². The smallest absolute Gasteiger partial charge is 0.270 e. The maximum Gasteiger partial charge on any atom is 0.270 e. The van der Waals surface area contributed by atoms with Gasteiger partial charge in [0, 0.05) is 18.5 Å². The molecule has 24 heavy (non-hydrogen) atoms.